The Hall–Kier alpha value is -4.27. The molecule has 3 heterocycles. The predicted octanol–water partition coefficient (Wildman–Crippen LogP) is 2.88. The molecule has 0 amide bonds. The number of nitrogens with zero attached hydrogens (tertiary/aromatic N) is 4. The lowest BCUT2D eigenvalue weighted by atomic mass is 10.1. The van der Waals surface area contributed by atoms with E-state index < -0.39 is 23.9 Å². The number of pyridine rings is 1. The maximum atomic E-state index is 12.8. The molecule has 4 rings (SSSR count). The largest absolute Gasteiger partial charge is 0.490 e. The summed E-state index contributed by atoms with van der Waals surface area (Å²) in [6.45, 7) is 1.32. The minimum absolute atomic E-state index is 0.185. The quantitative estimate of drug-likeness (QED) is 0.496. The van der Waals surface area contributed by atoms with E-state index in [1.807, 2.05) is 25.1 Å². The third-order valence-electron chi connectivity index (χ3n) is 4.82. The lowest BCUT2D eigenvalue weighted by Crippen LogP contribution is -2.26. The molecular formula is C21H18F5N5O5. The van der Waals surface area contributed by atoms with Crippen LogP contribution in [0.15, 0.2) is 53.2 Å². The number of aliphatic carboxylic acids is 1. The van der Waals surface area contributed by atoms with E-state index in [1.54, 1.807) is 6.07 Å². The maximum absolute atomic E-state index is 12.8. The summed E-state index contributed by atoms with van der Waals surface area (Å²) in [5.41, 5.74) is 7.26. The number of aryl methyl sites for hydroxylation is 1. The number of nitrogens with two attached hydrogens (primary N) is 1. The number of benzene rings is 1. The lowest BCUT2D eigenvalue weighted by Gasteiger charge is -2.08. The van der Waals surface area contributed by atoms with Crippen LogP contribution < -0.4 is 20.9 Å². The van der Waals surface area contributed by atoms with Crippen LogP contribution in [0.3, 0.4) is 0 Å². The Labute approximate surface area is 199 Å². The molecule has 1 aliphatic heterocycles. The number of carboxylic acid groups (broad SMARTS) is 1. The summed E-state index contributed by atoms with van der Waals surface area (Å²) < 4.78 is 70.2. The first kappa shape index (κ1) is 26.3. The molecule has 1 aromatic carbocycles. The minimum Gasteiger partial charge on any atom is -0.475 e. The van der Waals surface area contributed by atoms with Gasteiger partial charge in [-0.15, -0.1) is 0 Å². The van der Waals surface area contributed by atoms with E-state index in [0.717, 1.165) is 21.5 Å². The van der Waals surface area contributed by atoms with Crippen LogP contribution >= 0.6 is 0 Å². The summed E-state index contributed by atoms with van der Waals surface area (Å²) in [5.74, 6) is -1.43. The molecule has 0 fully saturated rings. The van der Waals surface area contributed by atoms with Crippen molar-refractivity contribution in [1.29, 1.82) is 0 Å². The molecule has 0 atom stereocenters. The van der Waals surface area contributed by atoms with Crippen LogP contribution in [0, 0.1) is 6.92 Å². The highest BCUT2D eigenvalue weighted by molar-refractivity contribution is 5.73. The Morgan fingerprint density at radius 1 is 1.19 bits per heavy atom. The summed E-state index contributed by atoms with van der Waals surface area (Å²) >= 11 is 0. The van der Waals surface area contributed by atoms with E-state index in [4.69, 9.17) is 25.1 Å². The molecule has 0 aliphatic carbocycles. The first-order valence-electron chi connectivity index (χ1n) is 9.97. The third kappa shape index (κ3) is 5.86. The summed E-state index contributed by atoms with van der Waals surface area (Å²) in [5, 5.41) is 11.0. The summed E-state index contributed by atoms with van der Waals surface area (Å²) in [4.78, 5) is 25.9. The molecule has 192 valence electrons. The first-order chi connectivity index (χ1) is 16.9. The zero-order valence-electron chi connectivity index (χ0n) is 18.4. The van der Waals surface area contributed by atoms with Crippen LogP contribution in [-0.4, -0.2) is 49.9 Å². The van der Waals surface area contributed by atoms with E-state index in [-0.39, 0.29) is 25.5 Å². The zero-order valence-corrected chi connectivity index (χ0v) is 18.4. The average molecular weight is 515 g/mol. The van der Waals surface area contributed by atoms with Gasteiger partial charge in [0.1, 0.15) is 6.33 Å². The molecule has 2 aromatic heterocycles. The Balaban J connectivity index is 0.000000454. The Bertz CT molecular complexity index is 1360. The normalized spacial score (nSPS) is 12.1. The van der Waals surface area contributed by atoms with Gasteiger partial charge in [0.2, 0.25) is 6.79 Å². The number of fused-ring (bicyclic) bond motifs is 1. The number of ether oxygens (including phenoxy) is 2. The second-order valence-electron chi connectivity index (χ2n) is 7.24. The molecule has 0 bridgehead atoms. The predicted molar refractivity (Wildman–Crippen MR) is 114 cm³/mol. The van der Waals surface area contributed by atoms with Gasteiger partial charge in [-0.1, -0.05) is 0 Å². The van der Waals surface area contributed by atoms with Crippen molar-refractivity contribution in [3.63, 3.8) is 0 Å². The number of rotatable bonds is 5. The molecule has 3 N–H and O–H groups in total. The van der Waals surface area contributed by atoms with E-state index in [2.05, 4.69) is 10.1 Å². The fourth-order valence-corrected chi connectivity index (χ4v) is 3.04. The number of hydrogen-bond donors (Lipinski definition) is 2. The molecule has 0 saturated heterocycles. The standard InChI is InChI=1S/C19H17F2N5O3.C2HF3O2/c1-11-4-14(25-9-24-26(19(25)27)8-13(6-22)18(20)21)7-23-17(11)12-2-3-15-16(5-12)29-10-28-15;3-2(4,5)1(6)7/h2-5,7,9H,6,8,10,22H2,1H3;(H,6,7). The fourth-order valence-electron chi connectivity index (χ4n) is 3.04. The molecular weight excluding hydrogens is 497 g/mol. The fraction of sp³-hybridized carbons (Fsp3) is 0.238. The van der Waals surface area contributed by atoms with Crippen molar-refractivity contribution >= 4 is 5.97 Å². The number of carbonyl (C=O) groups is 1. The van der Waals surface area contributed by atoms with Crippen LogP contribution in [0.4, 0.5) is 22.0 Å². The smallest absolute Gasteiger partial charge is 0.475 e. The second-order valence-corrected chi connectivity index (χ2v) is 7.24. The third-order valence-corrected chi connectivity index (χ3v) is 4.82. The Kier molecular flexibility index (Phi) is 7.72. The maximum Gasteiger partial charge on any atom is 0.490 e. The second kappa shape index (κ2) is 10.6. The van der Waals surface area contributed by atoms with Gasteiger partial charge >= 0.3 is 17.8 Å². The molecule has 10 nitrogen and oxygen atoms in total. The van der Waals surface area contributed by atoms with Crippen molar-refractivity contribution in [3.05, 3.63) is 64.5 Å². The van der Waals surface area contributed by atoms with E-state index in [0.29, 0.717) is 17.2 Å². The average Bonchev–Trinajstić information content (AvgIpc) is 3.42. The van der Waals surface area contributed by atoms with Crippen LogP contribution in [0.5, 0.6) is 11.5 Å². The van der Waals surface area contributed by atoms with Gasteiger partial charge in [-0.3, -0.25) is 4.98 Å². The monoisotopic (exact) mass is 515 g/mol. The molecule has 15 heteroatoms. The summed E-state index contributed by atoms with van der Waals surface area (Å²) in [6.07, 6.45) is -4.20. The van der Waals surface area contributed by atoms with Crippen molar-refractivity contribution in [3.8, 4) is 28.4 Å². The van der Waals surface area contributed by atoms with Crippen LogP contribution in [0.25, 0.3) is 16.9 Å². The Morgan fingerprint density at radius 3 is 2.44 bits per heavy atom. The van der Waals surface area contributed by atoms with Gasteiger partial charge < -0.3 is 20.3 Å². The summed E-state index contributed by atoms with van der Waals surface area (Å²) in [6, 6.07) is 7.30. The molecule has 36 heavy (non-hydrogen) atoms. The van der Waals surface area contributed by atoms with Crippen molar-refractivity contribution in [2.75, 3.05) is 13.3 Å². The molecule has 1 aliphatic rings. The lowest BCUT2D eigenvalue weighted by molar-refractivity contribution is -0.192. The van der Waals surface area contributed by atoms with E-state index in [9.17, 15) is 26.7 Å². The highest BCUT2D eigenvalue weighted by atomic mass is 19.4. The van der Waals surface area contributed by atoms with Gasteiger partial charge in [-0.05, 0) is 36.8 Å². The van der Waals surface area contributed by atoms with Gasteiger partial charge in [0.25, 0.3) is 6.08 Å². The summed E-state index contributed by atoms with van der Waals surface area (Å²) in [7, 11) is 0. The van der Waals surface area contributed by atoms with Gasteiger partial charge in [0.15, 0.2) is 11.5 Å². The van der Waals surface area contributed by atoms with Crippen LogP contribution in [0.1, 0.15) is 5.56 Å². The SMILES string of the molecule is Cc1cc(-n2cnn(CC(CN)=C(F)F)c2=O)cnc1-c1ccc2c(c1)OCO2.O=C(O)C(F)(F)F. The molecule has 0 unspecified atom stereocenters. The number of aromatic nitrogens is 4. The number of hydrogen-bond acceptors (Lipinski definition) is 7. The van der Waals surface area contributed by atoms with Gasteiger partial charge in [-0.2, -0.15) is 27.1 Å². The highest BCUT2D eigenvalue weighted by Crippen LogP contribution is 2.36. The molecule has 0 spiro atoms. The highest BCUT2D eigenvalue weighted by Gasteiger charge is 2.38. The molecule has 0 saturated carbocycles. The van der Waals surface area contributed by atoms with Crippen molar-refractivity contribution in [1.82, 2.24) is 19.3 Å². The molecule has 0 radical (unpaired) electrons. The van der Waals surface area contributed by atoms with Crippen molar-refractivity contribution in [2.24, 2.45) is 5.73 Å². The zero-order chi connectivity index (χ0) is 26.6. The van der Waals surface area contributed by atoms with E-state index >= 15 is 0 Å². The number of halogens is 5. The first-order valence-corrected chi connectivity index (χ1v) is 9.97. The van der Waals surface area contributed by atoms with Crippen molar-refractivity contribution in [2.45, 2.75) is 19.6 Å². The Morgan fingerprint density at radius 2 is 1.86 bits per heavy atom. The van der Waals surface area contributed by atoms with Crippen molar-refractivity contribution < 1.29 is 41.3 Å². The minimum atomic E-state index is -5.08. The van der Waals surface area contributed by atoms with Gasteiger partial charge in [0.05, 0.1) is 24.1 Å². The molecule has 3 aromatic rings. The van der Waals surface area contributed by atoms with E-state index in [1.165, 1.54) is 17.1 Å². The topological polar surface area (TPSA) is 134 Å². The number of alkyl halides is 3. The van der Waals surface area contributed by atoms with Gasteiger partial charge in [0, 0.05) is 17.7 Å². The van der Waals surface area contributed by atoms with Gasteiger partial charge in [-0.25, -0.2) is 18.8 Å². The van der Waals surface area contributed by atoms with Crippen LogP contribution in [0.2, 0.25) is 0 Å². The number of carboxylic acids is 1. The van der Waals surface area contributed by atoms with Crippen LogP contribution in [-0.2, 0) is 11.3 Å².